The maximum atomic E-state index is 13.4. The highest BCUT2D eigenvalue weighted by Gasteiger charge is 2.21. The zero-order chi connectivity index (χ0) is 10.9. The van der Waals surface area contributed by atoms with Crippen molar-refractivity contribution in [2.75, 3.05) is 12.8 Å². The number of nitrogen functional groups attached to an aromatic ring is 1. The summed E-state index contributed by atoms with van der Waals surface area (Å²) in [4.78, 5) is 11.1. The average molecular weight is 282 g/mol. The summed E-state index contributed by atoms with van der Waals surface area (Å²) >= 11 is 8.57. The van der Waals surface area contributed by atoms with E-state index in [1.165, 1.54) is 6.07 Å². The van der Waals surface area contributed by atoms with E-state index < -0.39 is 11.8 Å². The van der Waals surface area contributed by atoms with Crippen molar-refractivity contribution in [2.45, 2.75) is 0 Å². The third-order valence-corrected chi connectivity index (χ3v) is 2.49. The Bertz CT molecular complexity index is 371. The van der Waals surface area contributed by atoms with E-state index in [4.69, 9.17) is 17.3 Å². The van der Waals surface area contributed by atoms with Crippen LogP contribution in [0.4, 0.5) is 10.1 Å². The molecular weight excluding hydrogens is 276 g/mol. The van der Waals surface area contributed by atoms with Gasteiger partial charge in [-0.2, -0.15) is 0 Å². The number of nitrogens with two attached hydrogens (primary N) is 1. The highest BCUT2D eigenvalue weighted by atomic mass is 79.9. The second-order valence-corrected chi connectivity index (χ2v) is 3.70. The monoisotopic (exact) mass is 281 g/mol. The largest absolute Gasteiger partial charge is 0.465 e. The van der Waals surface area contributed by atoms with Crippen LogP contribution >= 0.6 is 27.5 Å². The first kappa shape index (κ1) is 11.3. The van der Waals surface area contributed by atoms with Crippen LogP contribution < -0.4 is 5.73 Å². The Labute approximate surface area is 93.1 Å². The van der Waals surface area contributed by atoms with Crippen LogP contribution in [-0.2, 0) is 4.74 Å². The molecule has 0 radical (unpaired) electrons. The SMILES string of the molecule is COC(=O)c1c(N)c(Cl)cc(Br)c1F. The number of carbonyl (C=O) groups excluding carboxylic acids is 1. The minimum atomic E-state index is -0.858. The van der Waals surface area contributed by atoms with Gasteiger partial charge in [-0.1, -0.05) is 11.6 Å². The van der Waals surface area contributed by atoms with Crippen molar-refractivity contribution in [3.8, 4) is 0 Å². The van der Waals surface area contributed by atoms with Gasteiger partial charge in [-0.15, -0.1) is 0 Å². The number of rotatable bonds is 1. The summed E-state index contributed by atoms with van der Waals surface area (Å²) in [5, 5.41) is 0.0960. The van der Waals surface area contributed by atoms with Gasteiger partial charge in [-0.25, -0.2) is 9.18 Å². The lowest BCUT2D eigenvalue weighted by molar-refractivity contribution is 0.0596. The Morgan fingerprint density at radius 2 is 2.29 bits per heavy atom. The van der Waals surface area contributed by atoms with Gasteiger partial charge in [0.1, 0.15) is 5.56 Å². The summed E-state index contributed by atoms with van der Waals surface area (Å²) < 4.78 is 17.8. The van der Waals surface area contributed by atoms with Crippen molar-refractivity contribution < 1.29 is 13.9 Å². The Balaban J connectivity index is 3.47. The number of methoxy groups -OCH3 is 1. The van der Waals surface area contributed by atoms with E-state index in [1.54, 1.807) is 0 Å². The Hall–Kier alpha value is -0.810. The fourth-order valence-corrected chi connectivity index (χ4v) is 1.67. The first-order valence-corrected chi connectivity index (χ1v) is 4.67. The fraction of sp³-hybridized carbons (Fsp3) is 0.125. The molecule has 3 nitrogen and oxygen atoms in total. The predicted molar refractivity (Wildman–Crippen MR) is 54.9 cm³/mol. The van der Waals surface area contributed by atoms with Gasteiger partial charge in [-0.05, 0) is 22.0 Å². The first-order valence-electron chi connectivity index (χ1n) is 3.50. The molecule has 0 unspecified atom stereocenters. The third kappa shape index (κ3) is 1.83. The molecule has 0 heterocycles. The molecule has 1 rings (SSSR count). The van der Waals surface area contributed by atoms with Crippen molar-refractivity contribution in [2.24, 2.45) is 0 Å². The van der Waals surface area contributed by atoms with Crippen LogP contribution in [0.5, 0.6) is 0 Å². The van der Waals surface area contributed by atoms with Crippen LogP contribution in [-0.4, -0.2) is 13.1 Å². The second kappa shape index (κ2) is 4.14. The first-order chi connectivity index (χ1) is 6.49. The lowest BCUT2D eigenvalue weighted by Crippen LogP contribution is -2.09. The number of benzene rings is 1. The maximum Gasteiger partial charge on any atom is 0.343 e. The van der Waals surface area contributed by atoms with Gasteiger partial charge < -0.3 is 10.5 Å². The molecule has 0 bridgehead atoms. The van der Waals surface area contributed by atoms with E-state index in [0.29, 0.717) is 0 Å². The van der Waals surface area contributed by atoms with E-state index in [0.717, 1.165) is 7.11 Å². The van der Waals surface area contributed by atoms with Crippen molar-refractivity contribution in [1.82, 2.24) is 0 Å². The average Bonchev–Trinajstić information content (AvgIpc) is 2.15. The van der Waals surface area contributed by atoms with Gasteiger partial charge in [0, 0.05) is 0 Å². The molecule has 6 heteroatoms. The topological polar surface area (TPSA) is 52.3 Å². The molecule has 0 saturated heterocycles. The summed E-state index contributed by atoms with van der Waals surface area (Å²) in [6, 6.07) is 1.28. The Kier molecular flexibility index (Phi) is 3.34. The molecule has 0 spiro atoms. The molecule has 0 fully saturated rings. The molecule has 0 aliphatic rings. The van der Waals surface area contributed by atoms with Gasteiger partial charge in [0.2, 0.25) is 0 Å². The minimum absolute atomic E-state index is 0.0668. The van der Waals surface area contributed by atoms with E-state index >= 15 is 0 Å². The molecule has 1 aromatic carbocycles. The summed E-state index contributed by atoms with van der Waals surface area (Å²) in [5.41, 5.74) is 4.95. The Morgan fingerprint density at radius 3 is 2.79 bits per heavy atom. The molecule has 0 aliphatic carbocycles. The number of carbonyl (C=O) groups is 1. The van der Waals surface area contributed by atoms with Gasteiger partial charge in [0.15, 0.2) is 5.82 Å². The zero-order valence-corrected chi connectivity index (χ0v) is 9.45. The minimum Gasteiger partial charge on any atom is -0.465 e. The molecule has 0 amide bonds. The number of hydrogen-bond acceptors (Lipinski definition) is 3. The smallest absolute Gasteiger partial charge is 0.343 e. The van der Waals surface area contributed by atoms with Crippen LogP contribution in [0, 0.1) is 5.82 Å². The number of anilines is 1. The number of halogens is 3. The molecule has 1 aromatic rings. The summed E-state index contributed by atoms with van der Waals surface area (Å²) in [7, 11) is 1.13. The van der Waals surface area contributed by atoms with Crippen LogP contribution in [0.3, 0.4) is 0 Å². The van der Waals surface area contributed by atoms with E-state index in [2.05, 4.69) is 20.7 Å². The van der Waals surface area contributed by atoms with Crippen LogP contribution in [0.15, 0.2) is 10.5 Å². The van der Waals surface area contributed by atoms with Crippen molar-refractivity contribution in [3.05, 3.63) is 26.9 Å². The van der Waals surface area contributed by atoms with Gasteiger partial charge in [-0.3, -0.25) is 0 Å². The second-order valence-electron chi connectivity index (χ2n) is 2.43. The zero-order valence-electron chi connectivity index (χ0n) is 7.11. The standard InChI is InChI=1S/C8H6BrClFNO2/c1-14-8(13)5-6(11)3(9)2-4(10)7(5)12/h2H,12H2,1H3. The fourth-order valence-electron chi connectivity index (χ4n) is 0.911. The van der Waals surface area contributed by atoms with Gasteiger partial charge >= 0.3 is 5.97 Å². The van der Waals surface area contributed by atoms with E-state index in [9.17, 15) is 9.18 Å². The third-order valence-electron chi connectivity index (χ3n) is 1.60. The van der Waals surface area contributed by atoms with Crippen molar-refractivity contribution in [3.63, 3.8) is 0 Å². The van der Waals surface area contributed by atoms with Crippen LogP contribution in [0.2, 0.25) is 5.02 Å². The van der Waals surface area contributed by atoms with Gasteiger partial charge in [0.05, 0.1) is 22.3 Å². The van der Waals surface area contributed by atoms with E-state index in [1.807, 2.05) is 0 Å². The van der Waals surface area contributed by atoms with Crippen molar-refractivity contribution in [1.29, 1.82) is 0 Å². The molecule has 0 aromatic heterocycles. The van der Waals surface area contributed by atoms with Crippen molar-refractivity contribution >= 4 is 39.2 Å². The number of hydrogen-bond donors (Lipinski definition) is 1. The molecular formula is C8H6BrClFNO2. The molecule has 0 atom stereocenters. The normalized spacial score (nSPS) is 10.0. The maximum absolute atomic E-state index is 13.4. The van der Waals surface area contributed by atoms with Gasteiger partial charge in [0.25, 0.3) is 0 Å². The molecule has 76 valence electrons. The van der Waals surface area contributed by atoms with Crippen LogP contribution in [0.1, 0.15) is 10.4 Å². The lowest BCUT2D eigenvalue weighted by Gasteiger charge is -2.07. The lowest BCUT2D eigenvalue weighted by atomic mass is 10.1. The molecule has 0 aliphatic heterocycles. The van der Waals surface area contributed by atoms with Crippen LogP contribution in [0.25, 0.3) is 0 Å². The summed E-state index contributed by atoms with van der Waals surface area (Å²) in [5.74, 6) is -1.64. The number of ether oxygens (including phenoxy) is 1. The quantitative estimate of drug-likeness (QED) is 0.489. The van der Waals surface area contributed by atoms with E-state index in [-0.39, 0.29) is 20.7 Å². The molecule has 0 saturated carbocycles. The Morgan fingerprint density at radius 1 is 1.71 bits per heavy atom. The molecule has 14 heavy (non-hydrogen) atoms. The summed E-state index contributed by atoms with van der Waals surface area (Å²) in [6.45, 7) is 0. The predicted octanol–water partition coefficient (Wildman–Crippen LogP) is 2.61. The summed E-state index contributed by atoms with van der Waals surface area (Å²) in [6.07, 6.45) is 0. The number of esters is 1. The highest BCUT2D eigenvalue weighted by molar-refractivity contribution is 9.10. The highest BCUT2D eigenvalue weighted by Crippen LogP contribution is 2.31. The molecule has 2 N–H and O–H groups in total.